The van der Waals surface area contributed by atoms with Gasteiger partial charge in [0.05, 0.1) is 19.8 Å². The summed E-state index contributed by atoms with van der Waals surface area (Å²) in [4.78, 5) is 13.3. The van der Waals surface area contributed by atoms with Crippen LogP contribution in [0.4, 0.5) is 0 Å². The molecule has 1 aliphatic rings. The van der Waals surface area contributed by atoms with Crippen LogP contribution in [0.15, 0.2) is 30.3 Å². The summed E-state index contributed by atoms with van der Waals surface area (Å²) in [6.07, 6.45) is 0. The predicted octanol–water partition coefficient (Wildman–Crippen LogP) is 0.405. The third-order valence-electron chi connectivity index (χ3n) is 2.90. The van der Waals surface area contributed by atoms with E-state index in [1.165, 1.54) is 7.11 Å². The van der Waals surface area contributed by atoms with Crippen LogP contribution in [0.3, 0.4) is 0 Å². The number of rotatable bonds is 4. The Labute approximate surface area is 94.4 Å². The van der Waals surface area contributed by atoms with Crippen LogP contribution >= 0.6 is 0 Å². The Bertz CT molecular complexity index is 366. The van der Waals surface area contributed by atoms with Gasteiger partial charge < -0.3 is 9.84 Å². The molecule has 0 aromatic heterocycles. The van der Waals surface area contributed by atoms with Crippen molar-refractivity contribution >= 4 is 5.97 Å². The van der Waals surface area contributed by atoms with E-state index >= 15 is 0 Å². The molecule has 0 amide bonds. The second kappa shape index (κ2) is 4.63. The van der Waals surface area contributed by atoms with Crippen LogP contribution in [0.25, 0.3) is 0 Å². The summed E-state index contributed by atoms with van der Waals surface area (Å²) in [5, 5.41) is 9.12. The summed E-state index contributed by atoms with van der Waals surface area (Å²) in [5.74, 6) is -0.269. The highest BCUT2D eigenvalue weighted by atomic mass is 16.5. The second-order valence-corrected chi connectivity index (χ2v) is 3.88. The minimum absolute atomic E-state index is 0.00734. The Balaban J connectivity index is 1.99. The number of aliphatic hydroxyl groups is 1. The number of hydrogen-bond acceptors (Lipinski definition) is 4. The van der Waals surface area contributed by atoms with Gasteiger partial charge in [-0.15, -0.1) is 0 Å². The van der Waals surface area contributed by atoms with E-state index in [1.807, 2.05) is 35.2 Å². The van der Waals surface area contributed by atoms with Gasteiger partial charge in [-0.1, -0.05) is 30.3 Å². The first-order valence-corrected chi connectivity index (χ1v) is 5.26. The Morgan fingerprint density at radius 1 is 1.44 bits per heavy atom. The van der Waals surface area contributed by atoms with Gasteiger partial charge in [0.1, 0.15) is 6.04 Å². The van der Waals surface area contributed by atoms with E-state index < -0.39 is 0 Å². The van der Waals surface area contributed by atoms with Crippen molar-refractivity contribution in [2.45, 2.75) is 18.6 Å². The van der Waals surface area contributed by atoms with Crippen LogP contribution in [0.1, 0.15) is 5.56 Å². The van der Waals surface area contributed by atoms with Crippen LogP contribution in [0.5, 0.6) is 0 Å². The third kappa shape index (κ3) is 2.08. The number of aliphatic hydroxyl groups excluding tert-OH is 1. The maximum Gasteiger partial charge on any atom is 0.324 e. The fourth-order valence-electron chi connectivity index (χ4n) is 1.96. The largest absolute Gasteiger partial charge is 0.468 e. The summed E-state index contributed by atoms with van der Waals surface area (Å²) in [7, 11) is 1.37. The summed E-state index contributed by atoms with van der Waals surface area (Å²) in [6.45, 7) is 0.665. The quantitative estimate of drug-likeness (QED) is 0.591. The van der Waals surface area contributed by atoms with Gasteiger partial charge >= 0.3 is 5.97 Å². The zero-order valence-corrected chi connectivity index (χ0v) is 9.17. The lowest BCUT2D eigenvalue weighted by atomic mass is 10.2. The van der Waals surface area contributed by atoms with E-state index in [4.69, 9.17) is 5.11 Å². The molecule has 4 nitrogen and oxygen atoms in total. The molecule has 0 spiro atoms. The van der Waals surface area contributed by atoms with E-state index in [9.17, 15) is 4.79 Å². The smallest absolute Gasteiger partial charge is 0.324 e. The molecule has 0 radical (unpaired) electrons. The van der Waals surface area contributed by atoms with E-state index in [0.29, 0.717) is 6.54 Å². The first kappa shape index (κ1) is 11.1. The molecule has 1 aromatic carbocycles. The number of carbonyl (C=O) groups excluding carboxylic acids is 1. The molecule has 0 saturated carbocycles. The molecule has 0 aliphatic carbocycles. The van der Waals surface area contributed by atoms with Gasteiger partial charge in [0.25, 0.3) is 0 Å². The number of ether oxygens (including phenoxy) is 1. The van der Waals surface area contributed by atoms with Gasteiger partial charge in [0, 0.05) is 6.54 Å². The zero-order valence-electron chi connectivity index (χ0n) is 9.17. The summed E-state index contributed by atoms with van der Waals surface area (Å²) in [6, 6.07) is 9.50. The monoisotopic (exact) mass is 221 g/mol. The normalized spacial score (nSPS) is 27.5. The molecule has 1 saturated heterocycles. The molecule has 1 aliphatic heterocycles. The molecule has 0 bridgehead atoms. The van der Waals surface area contributed by atoms with E-state index in [2.05, 4.69) is 4.74 Å². The molecule has 1 unspecified atom stereocenters. The average Bonchev–Trinajstić information content (AvgIpc) is 3.02. The van der Waals surface area contributed by atoms with Gasteiger partial charge in [-0.2, -0.15) is 0 Å². The lowest BCUT2D eigenvalue weighted by Gasteiger charge is -2.03. The molecule has 16 heavy (non-hydrogen) atoms. The highest BCUT2D eigenvalue weighted by molar-refractivity contribution is 5.80. The second-order valence-electron chi connectivity index (χ2n) is 3.88. The van der Waals surface area contributed by atoms with Crippen molar-refractivity contribution in [3.8, 4) is 0 Å². The SMILES string of the molecule is COC(=O)[C@@H]1[C@H](CO)N1Cc1ccccc1. The Morgan fingerprint density at radius 3 is 2.69 bits per heavy atom. The van der Waals surface area contributed by atoms with Gasteiger partial charge in [0.15, 0.2) is 0 Å². The molecular weight excluding hydrogens is 206 g/mol. The molecular formula is C12H15NO3. The predicted molar refractivity (Wildman–Crippen MR) is 58.7 cm³/mol. The van der Waals surface area contributed by atoms with E-state index in [1.54, 1.807) is 0 Å². The van der Waals surface area contributed by atoms with Crippen molar-refractivity contribution in [2.24, 2.45) is 0 Å². The Morgan fingerprint density at radius 2 is 2.12 bits per heavy atom. The minimum atomic E-state index is -0.282. The first-order valence-electron chi connectivity index (χ1n) is 5.26. The summed E-state index contributed by atoms with van der Waals surface area (Å²) < 4.78 is 4.68. The van der Waals surface area contributed by atoms with E-state index in [-0.39, 0.29) is 24.7 Å². The van der Waals surface area contributed by atoms with Crippen molar-refractivity contribution in [2.75, 3.05) is 13.7 Å². The topological polar surface area (TPSA) is 49.5 Å². The first-order chi connectivity index (χ1) is 7.77. The number of hydrogen-bond donors (Lipinski definition) is 1. The van der Waals surface area contributed by atoms with Crippen LogP contribution in [-0.4, -0.2) is 41.8 Å². The molecule has 2 rings (SSSR count). The Hall–Kier alpha value is -1.39. The highest BCUT2D eigenvalue weighted by Gasteiger charge is 2.52. The van der Waals surface area contributed by atoms with Gasteiger partial charge in [0.2, 0.25) is 0 Å². The standard InChI is InChI=1S/C12H15NO3/c1-16-12(15)11-10(8-14)13(11)7-9-5-3-2-4-6-9/h2-6,10-11,14H,7-8H2,1H3/t10-,11-,13?/m0/s1. The van der Waals surface area contributed by atoms with Gasteiger partial charge in [-0.3, -0.25) is 9.69 Å². The molecule has 1 fully saturated rings. The number of benzene rings is 1. The molecule has 4 heteroatoms. The fourth-order valence-corrected chi connectivity index (χ4v) is 1.96. The van der Waals surface area contributed by atoms with Crippen LogP contribution in [0.2, 0.25) is 0 Å². The van der Waals surface area contributed by atoms with Crippen molar-refractivity contribution in [3.63, 3.8) is 0 Å². The van der Waals surface area contributed by atoms with Crippen molar-refractivity contribution in [3.05, 3.63) is 35.9 Å². The van der Waals surface area contributed by atoms with Gasteiger partial charge in [-0.25, -0.2) is 0 Å². The van der Waals surface area contributed by atoms with Crippen molar-refractivity contribution in [1.82, 2.24) is 4.90 Å². The lowest BCUT2D eigenvalue weighted by molar-refractivity contribution is -0.141. The van der Waals surface area contributed by atoms with Crippen LogP contribution < -0.4 is 0 Å². The number of nitrogens with zero attached hydrogens (tertiary/aromatic N) is 1. The van der Waals surface area contributed by atoms with Crippen molar-refractivity contribution < 1.29 is 14.6 Å². The number of methoxy groups -OCH3 is 1. The van der Waals surface area contributed by atoms with Crippen LogP contribution in [-0.2, 0) is 16.1 Å². The van der Waals surface area contributed by atoms with Gasteiger partial charge in [-0.05, 0) is 5.56 Å². The Kier molecular flexibility index (Phi) is 3.22. The zero-order chi connectivity index (χ0) is 11.5. The third-order valence-corrected chi connectivity index (χ3v) is 2.90. The maximum atomic E-state index is 11.4. The molecule has 3 atom stereocenters. The average molecular weight is 221 g/mol. The molecule has 1 N–H and O–H groups in total. The molecule has 1 aromatic rings. The van der Waals surface area contributed by atoms with E-state index in [0.717, 1.165) is 5.56 Å². The van der Waals surface area contributed by atoms with Crippen LogP contribution in [0, 0.1) is 0 Å². The number of esters is 1. The maximum absolute atomic E-state index is 11.4. The molecule has 1 heterocycles. The summed E-state index contributed by atoms with van der Waals surface area (Å²) in [5.41, 5.74) is 1.13. The molecule has 86 valence electrons. The summed E-state index contributed by atoms with van der Waals surface area (Å²) >= 11 is 0. The number of carbonyl (C=O) groups is 1. The van der Waals surface area contributed by atoms with Crippen molar-refractivity contribution in [1.29, 1.82) is 0 Å². The lowest BCUT2D eigenvalue weighted by Crippen LogP contribution is -2.15. The minimum Gasteiger partial charge on any atom is -0.468 e. The highest BCUT2D eigenvalue weighted by Crippen LogP contribution is 2.31. The fraction of sp³-hybridized carbons (Fsp3) is 0.417.